The maximum absolute atomic E-state index is 14.5. The molecule has 0 unspecified atom stereocenters. The number of rotatable bonds is 4. The lowest BCUT2D eigenvalue weighted by atomic mass is 9.92. The summed E-state index contributed by atoms with van der Waals surface area (Å²) < 4.78 is 14.5. The highest BCUT2D eigenvalue weighted by Crippen LogP contribution is 2.48. The Morgan fingerprint density at radius 1 is 1.22 bits per heavy atom. The van der Waals surface area contributed by atoms with Gasteiger partial charge in [-0.25, -0.2) is 4.39 Å². The Hall–Kier alpha value is -2.18. The normalized spacial score (nSPS) is 16.0. The highest BCUT2D eigenvalue weighted by molar-refractivity contribution is 5.66. The topological polar surface area (TPSA) is 44.0 Å². The summed E-state index contributed by atoms with van der Waals surface area (Å²) >= 11 is 0. The Labute approximate surface area is 136 Å². The van der Waals surface area contributed by atoms with Gasteiger partial charge in [-0.1, -0.05) is 36.4 Å². The molecule has 1 aliphatic rings. The monoisotopic (exact) mass is 309 g/mol. The van der Waals surface area contributed by atoms with Crippen LogP contribution in [-0.2, 0) is 11.8 Å². The van der Waals surface area contributed by atoms with Gasteiger partial charge in [-0.2, -0.15) is 5.26 Å². The largest absolute Gasteiger partial charge is 0.390 e. The maximum atomic E-state index is 14.5. The second-order valence-electron chi connectivity index (χ2n) is 7.08. The quantitative estimate of drug-likeness (QED) is 0.912. The molecule has 1 aliphatic carbocycles. The summed E-state index contributed by atoms with van der Waals surface area (Å²) in [4.78, 5) is 0. The first-order chi connectivity index (χ1) is 10.8. The molecule has 1 saturated carbocycles. The zero-order chi connectivity index (χ0) is 16.7. The number of benzene rings is 2. The van der Waals surface area contributed by atoms with Gasteiger partial charge >= 0.3 is 0 Å². The molecule has 23 heavy (non-hydrogen) atoms. The van der Waals surface area contributed by atoms with Gasteiger partial charge in [0.05, 0.1) is 17.1 Å². The van der Waals surface area contributed by atoms with Gasteiger partial charge in [0.25, 0.3) is 0 Å². The summed E-state index contributed by atoms with van der Waals surface area (Å²) in [5.41, 5.74) is 1.79. The summed E-state index contributed by atoms with van der Waals surface area (Å²) in [5.74, 6) is -0.301. The number of halogens is 1. The lowest BCUT2D eigenvalue weighted by molar-refractivity contribution is 0.0810. The first-order valence-corrected chi connectivity index (χ1v) is 7.86. The highest BCUT2D eigenvalue weighted by Gasteiger charge is 2.45. The van der Waals surface area contributed by atoms with E-state index in [0.29, 0.717) is 12.0 Å². The SMILES string of the molecule is CC(C)(O)Cc1cccc(-c2ccc(C3(C#N)CC3)cc2F)c1. The van der Waals surface area contributed by atoms with Crippen LogP contribution in [0.2, 0.25) is 0 Å². The molecule has 3 heteroatoms. The summed E-state index contributed by atoms with van der Waals surface area (Å²) in [7, 11) is 0. The fourth-order valence-electron chi connectivity index (χ4n) is 2.99. The zero-order valence-electron chi connectivity index (χ0n) is 13.4. The van der Waals surface area contributed by atoms with Crippen LogP contribution in [0.5, 0.6) is 0 Å². The van der Waals surface area contributed by atoms with Crippen LogP contribution < -0.4 is 0 Å². The van der Waals surface area contributed by atoms with E-state index in [1.165, 1.54) is 6.07 Å². The zero-order valence-corrected chi connectivity index (χ0v) is 13.4. The third kappa shape index (κ3) is 3.28. The first-order valence-electron chi connectivity index (χ1n) is 7.86. The molecule has 0 radical (unpaired) electrons. The molecular weight excluding hydrogens is 289 g/mol. The van der Waals surface area contributed by atoms with Crippen LogP contribution in [0, 0.1) is 17.1 Å². The van der Waals surface area contributed by atoms with Crippen molar-refractivity contribution in [2.24, 2.45) is 0 Å². The van der Waals surface area contributed by atoms with Crippen LogP contribution in [0.4, 0.5) is 4.39 Å². The van der Waals surface area contributed by atoms with Gasteiger partial charge in [0.2, 0.25) is 0 Å². The van der Waals surface area contributed by atoms with E-state index >= 15 is 0 Å². The number of hydrogen-bond donors (Lipinski definition) is 1. The van der Waals surface area contributed by atoms with Gasteiger partial charge in [0.15, 0.2) is 0 Å². The minimum Gasteiger partial charge on any atom is -0.390 e. The summed E-state index contributed by atoms with van der Waals surface area (Å²) in [6, 6.07) is 15.0. The molecule has 0 amide bonds. The van der Waals surface area contributed by atoms with E-state index in [-0.39, 0.29) is 5.82 Å². The van der Waals surface area contributed by atoms with E-state index < -0.39 is 11.0 Å². The second-order valence-corrected chi connectivity index (χ2v) is 7.08. The molecule has 0 atom stereocenters. The van der Waals surface area contributed by atoms with Crippen molar-refractivity contribution >= 4 is 0 Å². The maximum Gasteiger partial charge on any atom is 0.131 e. The third-order valence-electron chi connectivity index (χ3n) is 4.36. The summed E-state index contributed by atoms with van der Waals surface area (Å²) in [6.45, 7) is 3.51. The van der Waals surface area contributed by atoms with E-state index in [1.54, 1.807) is 19.9 Å². The van der Waals surface area contributed by atoms with Crippen molar-refractivity contribution in [2.75, 3.05) is 0 Å². The second kappa shape index (κ2) is 5.47. The van der Waals surface area contributed by atoms with Gasteiger partial charge in [0.1, 0.15) is 5.82 Å². The standard InChI is InChI=1S/C20H20FNO/c1-19(2,23)12-14-4-3-5-15(10-14)17-7-6-16(11-18(17)21)20(13-22)8-9-20/h3-7,10-11,23H,8-9,12H2,1-2H3. The Morgan fingerprint density at radius 2 is 1.96 bits per heavy atom. The lowest BCUT2D eigenvalue weighted by Crippen LogP contribution is -2.21. The van der Waals surface area contributed by atoms with E-state index in [9.17, 15) is 14.8 Å². The number of nitriles is 1. The van der Waals surface area contributed by atoms with Crippen molar-refractivity contribution < 1.29 is 9.50 Å². The Morgan fingerprint density at radius 3 is 2.52 bits per heavy atom. The van der Waals surface area contributed by atoms with Crippen molar-refractivity contribution in [3.05, 3.63) is 59.4 Å². The molecule has 118 valence electrons. The molecule has 0 spiro atoms. The third-order valence-corrected chi connectivity index (χ3v) is 4.36. The molecule has 0 bridgehead atoms. The Balaban J connectivity index is 1.93. The fraction of sp³-hybridized carbons (Fsp3) is 0.350. The van der Waals surface area contributed by atoms with Crippen molar-refractivity contribution in [3.8, 4) is 17.2 Å². The molecule has 1 fully saturated rings. The Bertz CT molecular complexity index is 779. The minimum absolute atomic E-state index is 0.301. The molecule has 0 heterocycles. The predicted octanol–water partition coefficient (Wildman–Crippen LogP) is 4.36. The fourth-order valence-corrected chi connectivity index (χ4v) is 2.99. The molecule has 2 aromatic carbocycles. The molecule has 0 saturated heterocycles. The molecule has 0 aliphatic heterocycles. The van der Waals surface area contributed by atoms with E-state index in [1.807, 2.05) is 30.3 Å². The van der Waals surface area contributed by atoms with Gasteiger partial charge in [-0.05, 0) is 49.4 Å². The van der Waals surface area contributed by atoms with Crippen LogP contribution in [0.3, 0.4) is 0 Å². The van der Waals surface area contributed by atoms with E-state index in [4.69, 9.17) is 0 Å². The van der Waals surface area contributed by atoms with Crippen LogP contribution in [0.25, 0.3) is 11.1 Å². The van der Waals surface area contributed by atoms with Gasteiger partial charge in [-0.3, -0.25) is 0 Å². The van der Waals surface area contributed by atoms with Crippen molar-refractivity contribution in [1.29, 1.82) is 5.26 Å². The number of hydrogen-bond acceptors (Lipinski definition) is 2. The van der Waals surface area contributed by atoms with Crippen LogP contribution >= 0.6 is 0 Å². The molecule has 3 rings (SSSR count). The highest BCUT2D eigenvalue weighted by atomic mass is 19.1. The minimum atomic E-state index is -0.799. The Kier molecular flexibility index (Phi) is 3.74. The molecular formula is C20H20FNO. The molecule has 0 aromatic heterocycles. The molecule has 1 N–H and O–H groups in total. The summed E-state index contributed by atoms with van der Waals surface area (Å²) in [6.07, 6.45) is 2.13. The average molecular weight is 309 g/mol. The smallest absolute Gasteiger partial charge is 0.131 e. The number of aliphatic hydroxyl groups is 1. The first kappa shape index (κ1) is 15.7. The number of nitrogens with zero attached hydrogens (tertiary/aromatic N) is 1. The van der Waals surface area contributed by atoms with Gasteiger partial charge < -0.3 is 5.11 Å². The van der Waals surface area contributed by atoms with Gasteiger partial charge in [0, 0.05) is 12.0 Å². The van der Waals surface area contributed by atoms with E-state index in [2.05, 4.69) is 6.07 Å². The van der Waals surface area contributed by atoms with E-state index in [0.717, 1.165) is 29.5 Å². The lowest BCUT2D eigenvalue weighted by Gasteiger charge is -2.17. The van der Waals surface area contributed by atoms with Crippen molar-refractivity contribution in [1.82, 2.24) is 0 Å². The van der Waals surface area contributed by atoms with Crippen LogP contribution in [0.1, 0.15) is 37.8 Å². The molecule has 2 nitrogen and oxygen atoms in total. The van der Waals surface area contributed by atoms with Gasteiger partial charge in [-0.15, -0.1) is 0 Å². The van der Waals surface area contributed by atoms with Crippen molar-refractivity contribution in [3.63, 3.8) is 0 Å². The van der Waals surface area contributed by atoms with Crippen molar-refractivity contribution in [2.45, 2.75) is 44.1 Å². The average Bonchev–Trinajstić information content (AvgIpc) is 3.26. The summed E-state index contributed by atoms with van der Waals surface area (Å²) in [5, 5.41) is 19.2. The molecule has 2 aromatic rings. The van der Waals surface area contributed by atoms with Crippen LogP contribution in [0.15, 0.2) is 42.5 Å². The van der Waals surface area contributed by atoms with Crippen LogP contribution in [-0.4, -0.2) is 10.7 Å². The predicted molar refractivity (Wildman–Crippen MR) is 88.4 cm³/mol.